The van der Waals surface area contributed by atoms with Gasteiger partial charge in [0.05, 0.1) is 16.5 Å². The van der Waals surface area contributed by atoms with Crippen LogP contribution in [-0.4, -0.2) is 26.0 Å². The van der Waals surface area contributed by atoms with Gasteiger partial charge in [-0.2, -0.15) is 17.0 Å². The van der Waals surface area contributed by atoms with Crippen molar-refractivity contribution in [3.05, 3.63) is 29.3 Å². The molecule has 2 atom stereocenters. The molecular weight excluding hydrogens is 292 g/mol. The Kier molecular flexibility index (Phi) is 4.74. The van der Waals surface area contributed by atoms with Crippen LogP contribution in [0, 0.1) is 18.3 Å². The van der Waals surface area contributed by atoms with Crippen LogP contribution in [0.15, 0.2) is 23.1 Å². The molecule has 0 aliphatic heterocycles. The molecule has 6 heteroatoms. The monoisotopic (exact) mass is 310 g/mol. The molecule has 1 fully saturated rings. The summed E-state index contributed by atoms with van der Waals surface area (Å²) in [5.74, 6) is 0. The Morgan fingerprint density at radius 3 is 2.70 bits per heavy atom. The molecule has 108 valence electrons. The van der Waals surface area contributed by atoms with Crippen LogP contribution in [0.1, 0.15) is 30.4 Å². The minimum Gasteiger partial charge on any atom is -0.208 e. The molecule has 20 heavy (non-hydrogen) atoms. The van der Waals surface area contributed by atoms with Crippen molar-refractivity contribution in [1.29, 1.82) is 5.26 Å². The number of nitrogens with zero attached hydrogens (tertiary/aromatic N) is 1. The van der Waals surface area contributed by atoms with Crippen LogP contribution < -0.4 is 4.72 Å². The summed E-state index contributed by atoms with van der Waals surface area (Å²) < 4.78 is 27.4. The van der Waals surface area contributed by atoms with Crippen molar-refractivity contribution in [2.24, 2.45) is 0 Å². The molecule has 0 amide bonds. The number of thioether (sulfide) groups is 1. The summed E-state index contributed by atoms with van der Waals surface area (Å²) in [6.07, 6.45) is 4.89. The first-order valence-electron chi connectivity index (χ1n) is 6.52. The second-order valence-corrected chi connectivity index (χ2v) is 7.93. The van der Waals surface area contributed by atoms with Crippen LogP contribution in [0.3, 0.4) is 0 Å². The third-order valence-electron chi connectivity index (χ3n) is 3.67. The summed E-state index contributed by atoms with van der Waals surface area (Å²) >= 11 is 1.79. The second-order valence-electron chi connectivity index (χ2n) is 5.08. The van der Waals surface area contributed by atoms with Gasteiger partial charge < -0.3 is 0 Å². The second kappa shape index (κ2) is 6.17. The zero-order valence-electron chi connectivity index (χ0n) is 11.6. The highest BCUT2D eigenvalue weighted by Gasteiger charge is 2.28. The average molecular weight is 310 g/mol. The van der Waals surface area contributed by atoms with E-state index in [1.807, 2.05) is 6.07 Å². The lowest BCUT2D eigenvalue weighted by Gasteiger charge is -2.14. The van der Waals surface area contributed by atoms with E-state index >= 15 is 0 Å². The number of rotatable bonds is 4. The van der Waals surface area contributed by atoms with Gasteiger partial charge in [-0.15, -0.1) is 0 Å². The fraction of sp³-hybridized carbons (Fsp3) is 0.500. The van der Waals surface area contributed by atoms with Gasteiger partial charge in [0.15, 0.2) is 0 Å². The molecule has 1 N–H and O–H groups in total. The molecule has 2 rings (SSSR count). The van der Waals surface area contributed by atoms with Crippen LogP contribution in [0.5, 0.6) is 0 Å². The Morgan fingerprint density at radius 1 is 1.40 bits per heavy atom. The first-order chi connectivity index (χ1) is 9.46. The number of hydrogen-bond donors (Lipinski definition) is 1. The minimum atomic E-state index is -3.49. The fourth-order valence-electron chi connectivity index (χ4n) is 2.48. The van der Waals surface area contributed by atoms with E-state index < -0.39 is 10.0 Å². The van der Waals surface area contributed by atoms with E-state index in [-0.39, 0.29) is 10.9 Å². The van der Waals surface area contributed by atoms with E-state index in [4.69, 9.17) is 5.26 Å². The number of nitriles is 1. The van der Waals surface area contributed by atoms with Gasteiger partial charge in [-0.3, -0.25) is 0 Å². The van der Waals surface area contributed by atoms with Gasteiger partial charge in [-0.25, -0.2) is 13.1 Å². The quantitative estimate of drug-likeness (QED) is 0.927. The molecule has 2 unspecified atom stereocenters. The van der Waals surface area contributed by atoms with E-state index in [0.29, 0.717) is 16.4 Å². The molecule has 0 heterocycles. The standard InChI is InChI=1S/C14H18N2O2S2/c1-10-7-14(6-3-11(10)9-15)20(17,18)16-12-4-5-13(8-12)19-2/h3,6-7,12-13,16H,4-5,8H2,1-2H3. The fourth-order valence-corrected chi connectivity index (χ4v) is 4.64. The number of sulfonamides is 1. The third-order valence-corrected chi connectivity index (χ3v) is 6.28. The maximum Gasteiger partial charge on any atom is 0.240 e. The first-order valence-corrected chi connectivity index (χ1v) is 9.29. The Balaban J connectivity index is 2.15. The minimum absolute atomic E-state index is 0.0217. The summed E-state index contributed by atoms with van der Waals surface area (Å²) in [6, 6.07) is 6.68. The zero-order chi connectivity index (χ0) is 14.8. The van der Waals surface area contributed by atoms with Crippen molar-refractivity contribution in [3.8, 4) is 6.07 Å². The molecule has 1 saturated carbocycles. The highest BCUT2D eigenvalue weighted by Crippen LogP contribution is 2.29. The van der Waals surface area contributed by atoms with Crippen molar-refractivity contribution in [3.63, 3.8) is 0 Å². The van der Waals surface area contributed by atoms with Gasteiger partial charge in [-0.05, 0) is 56.2 Å². The largest absolute Gasteiger partial charge is 0.240 e. The molecule has 0 aromatic heterocycles. The van der Waals surface area contributed by atoms with Crippen molar-refractivity contribution >= 4 is 21.8 Å². The van der Waals surface area contributed by atoms with Crippen LogP contribution in [0.25, 0.3) is 0 Å². The van der Waals surface area contributed by atoms with Gasteiger partial charge >= 0.3 is 0 Å². The smallest absolute Gasteiger partial charge is 0.208 e. The van der Waals surface area contributed by atoms with Crippen LogP contribution in [0.2, 0.25) is 0 Å². The molecular formula is C14H18N2O2S2. The Bertz CT molecular complexity index is 635. The van der Waals surface area contributed by atoms with Gasteiger partial charge in [0.25, 0.3) is 0 Å². The molecule has 0 spiro atoms. The maximum atomic E-state index is 12.3. The predicted octanol–water partition coefficient (Wildman–Crippen LogP) is 2.43. The normalized spacial score (nSPS) is 22.6. The van der Waals surface area contributed by atoms with Gasteiger partial charge in [0.1, 0.15) is 0 Å². The topological polar surface area (TPSA) is 70.0 Å². The molecule has 1 aromatic rings. The summed E-state index contributed by atoms with van der Waals surface area (Å²) in [6.45, 7) is 1.75. The summed E-state index contributed by atoms with van der Waals surface area (Å²) in [4.78, 5) is 0.238. The maximum absolute atomic E-state index is 12.3. The lowest BCUT2D eigenvalue weighted by molar-refractivity contribution is 0.552. The SMILES string of the molecule is CSC1CCC(NS(=O)(=O)c2ccc(C#N)c(C)c2)C1. The van der Waals surface area contributed by atoms with E-state index in [9.17, 15) is 8.42 Å². The number of nitrogens with one attached hydrogen (secondary N) is 1. The Labute approximate surface area is 124 Å². The van der Waals surface area contributed by atoms with Gasteiger partial charge in [-0.1, -0.05) is 0 Å². The summed E-state index contributed by atoms with van der Waals surface area (Å²) in [7, 11) is -3.49. The van der Waals surface area contributed by atoms with Gasteiger partial charge in [0.2, 0.25) is 10.0 Å². The average Bonchev–Trinajstić information content (AvgIpc) is 2.85. The van der Waals surface area contributed by atoms with E-state index in [0.717, 1.165) is 19.3 Å². The molecule has 1 aliphatic rings. The van der Waals surface area contributed by atoms with Crippen molar-refractivity contribution in [1.82, 2.24) is 4.72 Å². The molecule has 0 radical (unpaired) electrons. The Hall–Kier alpha value is -1.03. The van der Waals surface area contributed by atoms with E-state index in [1.165, 1.54) is 6.07 Å². The summed E-state index contributed by atoms with van der Waals surface area (Å²) in [5.41, 5.74) is 1.19. The van der Waals surface area contributed by atoms with Crippen molar-refractivity contribution in [2.75, 3.05) is 6.26 Å². The number of hydrogen-bond acceptors (Lipinski definition) is 4. The van der Waals surface area contributed by atoms with Gasteiger partial charge in [0, 0.05) is 11.3 Å². The lowest BCUT2D eigenvalue weighted by Crippen LogP contribution is -2.33. The van der Waals surface area contributed by atoms with Crippen molar-refractivity contribution in [2.45, 2.75) is 42.4 Å². The number of benzene rings is 1. The number of aryl methyl sites for hydroxylation is 1. The molecule has 0 saturated heterocycles. The molecule has 4 nitrogen and oxygen atoms in total. The highest BCUT2D eigenvalue weighted by atomic mass is 32.2. The Morgan fingerprint density at radius 2 is 2.15 bits per heavy atom. The van der Waals surface area contributed by atoms with E-state index in [1.54, 1.807) is 30.8 Å². The highest BCUT2D eigenvalue weighted by molar-refractivity contribution is 7.99. The molecule has 1 aliphatic carbocycles. The first kappa shape index (κ1) is 15.4. The van der Waals surface area contributed by atoms with Crippen LogP contribution in [0.4, 0.5) is 0 Å². The zero-order valence-corrected chi connectivity index (χ0v) is 13.2. The van der Waals surface area contributed by atoms with Crippen LogP contribution >= 0.6 is 11.8 Å². The molecule has 1 aromatic carbocycles. The summed E-state index contributed by atoms with van der Waals surface area (Å²) in [5, 5.41) is 9.43. The van der Waals surface area contributed by atoms with E-state index in [2.05, 4.69) is 11.0 Å². The van der Waals surface area contributed by atoms with Crippen LogP contribution in [-0.2, 0) is 10.0 Å². The lowest BCUT2D eigenvalue weighted by atomic mass is 10.1. The predicted molar refractivity (Wildman–Crippen MR) is 81.2 cm³/mol. The molecule has 0 bridgehead atoms. The third kappa shape index (κ3) is 3.35. The van der Waals surface area contributed by atoms with Crippen molar-refractivity contribution < 1.29 is 8.42 Å².